The third-order valence-corrected chi connectivity index (χ3v) is 2.11. The zero-order chi connectivity index (χ0) is 10.7. The quantitative estimate of drug-likeness (QED) is 0.807. The van der Waals surface area contributed by atoms with Gasteiger partial charge in [-0.25, -0.2) is 4.68 Å². The molecule has 0 radical (unpaired) electrons. The van der Waals surface area contributed by atoms with E-state index in [1.165, 1.54) is 0 Å². The molecule has 2 aromatic rings. The molecule has 4 nitrogen and oxygen atoms in total. The Morgan fingerprint density at radius 3 is 2.87 bits per heavy atom. The molecule has 1 N–H and O–H groups in total. The summed E-state index contributed by atoms with van der Waals surface area (Å²) in [5.41, 5.74) is 1.46. The van der Waals surface area contributed by atoms with Crippen LogP contribution < -0.4 is 5.32 Å². The molecule has 5 heteroatoms. The van der Waals surface area contributed by atoms with Crippen molar-refractivity contribution in [1.29, 1.82) is 0 Å². The predicted molar refractivity (Wildman–Crippen MR) is 58.3 cm³/mol. The van der Waals surface area contributed by atoms with Crippen LogP contribution in [0.3, 0.4) is 0 Å². The number of para-hydroxylation sites is 2. The third-order valence-electron chi connectivity index (χ3n) is 1.92. The van der Waals surface area contributed by atoms with E-state index in [1.807, 2.05) is 18.2 Å². The second kappa shape index (κ2) is 4.14. The van der Waals surface area contributed by atoms with E-state index in [0.29, 0.717) is 17.1 Å². The smallest absolute Gasteiger partial charge is 0.211 e. The second-order valence-electron chi connectivity index (χ2n) is 2.88. The molecule has 0 atom stereocenters. The molecule has 15 heavy (non-hydrogen) atoms. The van der Waals surface area contributed by atoms with Crippen LogP contribution in [-0.4, -0.2) is 16.2 Å². The van der Waals surface area contributed by atoms with Crippen molar-refractivity contribution in [3.05, 3.63) is 41.7 Å². The Bertz CT molecular complexity index is 481. The van der Waals surface area contributed by atoms with Gasteiger partial charge in [0.15, 0.2) is 0 Å². The first-order chi connectivity index (χ1) is 7.31. The molecule has 0 saturated carbocycles. The fraction of sp³-hybridized carbons (Fsp3) is 0. The largest absolute Gasteiger partial charge is 0.327 e. The summed E-state index contributed by atoms with van der Waals surface area (Å²) < 4.78 is 1.61. The number of nitrogens with one attached hydrogen (secondary N) is 1. The third kappa shape index (κ3) is 1.99. The fourth-order valence-corrected chi connectivity index (χ4v) is 1.43. The second-order valence-corrected chi connectivity index (χ2v) is 3.32. The number of hydrogen-bond donors (Lipinski definition) is 1. The molecule has 1 amide bonds. The van der Waals surface area contributed by atoms with E-state index < -0.39 is 0 Å². The Morgan fingerprint density at radius 1 is 1.40 bits per heavy atom. The normalized spacial score (nSPS) is 9.93. The van der Waals surface area contributed by atoms with E-state index >= 15 is 0 Å². The molecular formula is C10H8ClN3O. The van der Waals surface area contributed by atoms with Gasteiger partial charge in [-0.3, -0.25) is 4.79 Å². The van der Waals surface area contributed by atoms with Crippen molar-refractivity contribution < 1.29 is 4.79 Å². The van der Waals surface area contributed by atoms with Crippen LogP contribution in [0.2, 0.25) is 5.02 Å². The van der Waals surface area contributed by atoms with E-state index in [1.54, 1.807) is 23.1 Å². The van der Waals surface area contributed by atoms with Gasteiger partial charge in [0, 0.05) is 6.20 Å². The molecule has 0 aliphatic carbocycles. The van der Waals surface area contributed by atoms with E-state index in [4.69, 9.17) is 11.6 Å². The van der Waals surface area contributed by atoms with Gasteiger partial charge in [-0.15, -0.1) is 0 Å². The molecular weight excluding hydrogens is 214 g/mol. The zero-order valence-electron chi connectivity index (χ0n) is 7.72. The highest BCUT2D eigenvalue weighted by Crippen LogP contribution is 2.19. The van der Waals surface area contributed by atoms with Crippen LogP contribution in [-0.2, 0) is 4.79 Å². The molecule has 0 unspecified atom stereocenters. The minimum atomic E-state index is 0.552. The molecule has 0 spiro atoms. The van der Waals surface area contributed by atoms with Gasteiger partial charge < -0.3 is 5.32 Å². The lowest BCUT2D eigenvalue weighted by Crippen LogP contribution is -2.02. The first-order valence-corrected chi connectivity index (χ1v) is 4.69. The van der Waals surface area contributed by atoms with Gasteiger partial charge in [0.05, 0.1) is 22.6 Å². The average molecular weight is 222 g/mol. The van der Waals surface area contributed by atoms with Gasteiger partial charge in [0.1, 0.15) is 0 Å². The lowest BCUT2D eigenvalue weighted by Gasteiger charge is -2.07. The van der Waals surface area contributed by atoms with E-state index in [-0.39, 0.29) is 0 Å². The molecule has 2 rings (SSSR count). The average Bonchev–Trinajstić information content (AvgIpc) is 2.66. The first kappa shape index (κ1) is 9.73. The minimum absolute atomic E-state index is 0.552. The van der Waals surface area contributed by atoms with Crippen molar-refractivity contribution in [3.8, 4) is 5.69 Å². The Labute approximate surface area is 91.5 Å². The van der Waals surface area contributed by atoms with Crippen LogP contribution >= 0.6 is 11.6 Å². The summed E-state index contributed by atoms with van der Waals surface area (Å²) in [6.45, 7) is 0. The molecule has 0 saturated heterocycles. The zero-order valence-corrected chi connectivity index (χ0v) is 8.48. The Kier molecular flexibility index (Phi) is 2.69. The Morgan fingerprint density at radius 2 is 2.20 bits per heavy atom. The summed E-state index contributed by atoms with van der Waals surface area (Å²) >= 11 is 5.77. The van der Waals surface area contributed by atoms with Crippen molar-refractivity contribution in [2.24, 2.45) is 0 Å². The highest BCUT2D eigenvalue weighted by atomic mass is 35.5. The summed E-state index contributed by atoms with van der Waals surface area (Å²) in [4.78, 5) is 10.4. The Balaban J connectivity index is 2.47. The van der Waals surface area contributed by atoms with Crippen molar-refractivity contribution in [3.63, 3.8) is 0 Å². The summed E-state index contributed by atoms with van der Waals surface area (Å²) in [5.74, 6) is 0. The molecule has 0 bridgehead atoms. The topological polar surface area (TPSA) is 46.9 Å². The van der Waals surface area contributed by atoms with Crippen LogP contribution in [0, 0.1) is 0 Å². The highest BCUT2D eigenvalue weighted by Gasteiger charge is 2.04. The number of carbonyl (C=O) groups is 1. The molecule has 1 heterocycles. The number of amides is 1. The number of nitrogens with zero attached hydrogens (tertiary/aromatic N) is 2. The van der Waals surface area contributed by atoms with Gasteiger partial charge >= 0.3 is 0 Å². The number of anilines is 1. The lowest BCUT2D eigenvalue weighted by molar-refractivity contribution is -0.105. The number of hydrogen-bond acceptors (Lipinski definition) is 2. The first-order valence-electron chi connectivity index (χ1n) is 4.31. The number of benzene rings is 1. The number of rotatable bonds is 3. The van der Waals surface area contributed by atoms with Gasteiger partial charge in [0.25, 0.3) is 0 Å². The van der Waals surface area contributed by atoms with E-state index in [0.717, 1.165) is 5.69 Å². The maximum absolute atomic E-state index is 10.4. The van der Waals surface area contributed by atoms with Crippen molar-refractivity contribution in [2.75, 3.05) is 5.32 Å². The fourth-order valence-electron chi connectivity index (χ4n) is 1.29. The summed E-state index contributed by atoms with van der Waals surface area (Å²) in [7, 11) is 0. The SMILES string of the molecule is O=CNc1ccccc1-n1cc(Cl)cn1. The molecule has 0 aliphatic rings. The maximum Gasteiger partial charge on any atom is 0.211 e. The summed E-state index contributed by atoms with van der Waals surface area (Å²) in [6, 6.07) is 7.33. The number of aromatic nitrogens is 2. The minimum Gasteiger partial charge on any atom is -0.327 e. The monoisotopic (exact) mass is 221 g/mol. The van der Waals surface area contributed by atoms with E-state index in [2.05, 4.69) is 10.4 Å². The van der Waals surface area contributed by atoms with Gasteiger partial charge in [-0.1, -0.05) is 23.7 Å². The van der Waals surface area contributed by atoms with Crippen molar-refractivity contribution in [2.45, 2.75) is 0 Å². The van der Waals surface area contributed by atoms with Crippen LogP contribution in [0.15, 0.2) is 36.7 Å². The van der Waals surface area contributed by atoms with Crippen LogP contribution in [0.4, 0.5) is 5.69 Å². The maximum atomic E-state index is 10.4. The standard InChI is InChI=1S/C10H8ClN3O/c11-8-5-13-14(6-8)10-4-2-1-3-9(10)12-7-15/h1-7H,(H,12,15). The molecule has 0 fully saturated rings. The molecule has 0 aliphatic heterocycles. The van der Waals surface area contributed by atoms with Gasteiger partial charge in [-0.05, 0) is 12.1 Å². The van der Waals surface area contributed by atoms with Crippen LogP contribution in [0.1, 0.15) is 0 Å². The number of halogens is 1. The van der Waals surface area contributed by atoms with Crippen LogP contribution in [0.5, 0.6) is 0 Å². The lowest BCUT2D eigenvalue weighted by atomic mass is 10.2. The molecule has 1 aromatic carbocycles. The molecule has 1 aromatic heterocycles. The van der Waals surface area contributed by atoms with Gasteiger partial charge in [-0.2, -0.15) is 5.10 Å². The van der Waals surface area contributed by atoms with Crippen molar-refractivity contribution >= 4 is 23.7 Å². The van der Waals surface area contributed by atoms with Crippen LogP contribution in [0.25, 0.3) is 5.69 Å². The summed E-state index contributed by atoms with van der Waals surface area (Å²) in [6.07, 6.45) is 3.84. The summed E-state index contributed by atoms with van der Waals surface area (Å²) in [5, 5.41) is 7.21. The van der Waals surface area contributed by atoms with Crippen molar-refractivity contribution in [1.82, 2.24) is 9.78 Å². The highest BCUT2D eigenvalue weighted by molar-refractivity contribution is 6.30. The predicted octanol–water partition coefficient (Wildman–Crippen LogP) is 2.09. The van der Waals surface area contributed by atoms with Gasteiger partial charge in [0.2, 0.25) is 6.41 Å². The Hall–Kier alpha value is -1.81. The van der Waals surface area contributed by atoms with E-state index in [9.17, 15) is 4.79 Å². The molecule has 76 valence electrons. The number of carbonyl (C=O) groups excluding carboxylic acids is 1.